The smallest absolute Gasteiger partial charge is 0.0726 e. The van der Waals surface area contributed by atoms with Gasteiger partial charge in [0.1, 0.15) is 0 Å². The molecule has 3 atom stereocenters. The van der Waals surface area contributed by atoms with E-state index in [4.69, 9.17) is 4.74 Å². The number of ether oxygens (including phenoxy) is 1. The second kappa shape index (κ2) is 5.32. The summed E-state index contributed by atoms with van der Waals surface area (Å²) >= 11 is 3.55. The first kappa shape index (κ1) is 12.6. The van der Waals surface area contributed by atoms with E-state index in [1.807, 2.05) is 0 Å². The molecule has 3 rings (SSSR count). The highest BCUT2D eigenvalue weighted by Crippen LogP contribution is 2.33. The first-order chi connectivity index (χ1) is 8.74. The molecule has 0 radical (unpaired) electrons. The summed E-state index contributed by atoms with van der Waals surface area (Å²) in [5.74, 6) is 0. The van der Waals surface area contributed by atoms with E-state index in [1.165, 1.54) is 41.3 Å². The molecule has 3 heteroatoms. The molecule has 1 fully saturated rings. The SMILES string of the molecule is CC(NC1CCc2cc(Br)ccc21)C1CCCO1. The fourth-order valence-corrected chi connectivity index (χ4v) is 3.59. The number of benzene rings is 1. The van der Waals surface area contributed by atoms with Gasteiger partial charge in [-0.3, -0.25) is 0 Å². The molecule has 1 aromatic rings. The summed E-state index contributed by atoms with van der Waals surface area (Å²) in [5, 5.41) is 3.76. The van der Waals surface area contributed by atoms with E-state index in [0.717, 1.165) is 6.61 Å². The molecular weight excluding hydrogens is 290 g/mol. The van der Waals surface area contributed by atoms with Crippen molar-refractivity contribution in [2.24, 2.45) is 0 Å². The van der Waals surface area contributed by atoms with E-state index < -0.39 is 0 Å². The van der Waals surface area contributed by atoms with Gasteiger partial charge in [0.25, 0.3) is 0 Å². The Balaban J connectivity index is 1.68. The van der Waals surface area contributed by atoms with Crippen LogP contribution in [0.1, 0.15) is 43.4 Å². The van der Waals surface area contributed by atoms with E-state index >= 15 is 0 Å². The number of hydrogen-bond acceptors (Lipinski definition) is 2. The maximum Gasteiger partial charge on any atom is 0.0726 e. The zero-order valence-corrected chi connectivity index (χ0v) is 12.4. The normalized spacial score (nSPS) is 28.3. The second-order valence-electron chi connectivity index (χ2n) is 5.44. The number of fused-ring (bicyclic) bond motifs is 1. The maximum absolute atomic E-state index is 5.76. The molecule has 1 aliphatic heterocycles. The standard InChI is InChI=1S/C15H20BrNO/c1-10(15-3-2-8-18-15)17-14-7-4-11-9-12(16)5-6-13(11)14/h5-6,9-10,14-15,17H,2-4,7-8H2,1H3. The average molecular weight is 310 g/mol. The Bertz CT molecular complexity index is 429. The summed E-state index contributed by atoms with van der Waals surface area (Å²) < 4.78 is 6.95. The topological polar surface area (TPSA) is 21.3 Å². The van der Waals surface area contributed by atoms with Gasteiger partial charge in [0.15, 0.2) is 0 Å². The van der Waals surface area contributed by atoms with Crippen LogP contribution in [-0.2, 0) is 11.2 Å². The molecule has 2 aliphatic rings. The number of aryl methyl sites for hydroxylation is 1. The Labute approximate surface area is 117 Å². The molecule has 98 valence electrons. The molecule has 1 aliphatic carbocycles. The van der Waals surface area contributed by atoms with Crippen molar-refractivity contribution in [3.05, 3.63) is 33.8 Å². The third-order valence-corrected chi connectivity index (χ3v) is 4.66. The fraction of sp³-hybridized carbons (Fsp3) is 0.600. The van der Waals surface area contributed by atoms with Crippen LogP contribution in [0, 0.1) is 0 Å². The van der Waals surface area contributed by atoms with Gasteiger partial charge in [-0.05, 0) is 55.9 Å². The van der Waals surface area contributed by atoms with Gasteiger partial charge in [0, 0.05) is 23.2 Å². The molecule has 1 N–H and O–H groups in total. The lowest BCUT2D eigenvalue weighted by atomic mass is 10.0. The Morgan fingerprint density at radius 1 is 1.39 bits per heavy atom. The molecule has 0 spiro atoms. The zero-order valence-electron chi connectivity index (χ0n) is 10.8. The van der Waals surface area contributed by atoms with Crippen molar-refractivity contribution < 1.29 is 4.74 Å². The van der Waals surface area contributed by atoms with Gasteiger partial charge in [-0.15, -0.1) is 0 Å². The first-order valence-corrected chi connectivity index (χ1v) is 7.69. The highest BCUT2D eigenvalue weighted by molar-refractivity contribution is 9.10. The van der Waals surface area contributed by atoms with Crippen molar-refractivity contribution in [2.45, 2.75) is 50.8 Å². The fourth-order valence-electron chi connectivity index (χ4n) is 3.18. The molecule has 0 saturated carbocycles. The van der Waals surface area contributed by atoms with E-state index in [0.29, 0.717) is 18.2 Å². The van der Waals surface area contributed by atoms with Gasteiger partial charge >= 0.3 is 0 Å². The van der Waals surface area contributed by atoms with Crippen LogP contribution in [0.3, 0.4) is 0 Å². The number of halogens is 1. The zero-order chi connectivity index (χ0) is 12.5. The first-order valence-electron chi connectivity index (χ1n) is 6.90. The molecule has 3 unspecified atom stereocenters. The highest BCUT2D eigenvalue weighted by Gasteiger charge is 2.28. The van der Waals surface area contributed by atoms with Crippen LogP contribution in [0.4, 0.5) is 0 Å². The van der Waals surface area contributed by atoms with Gasteiger partial charge in [-0.25, -0.2) is 0 Å². The van der Waals surface area contributed by atoms with Crippen LogP contribution in [0.15, 0.2) is 22.7 Å². The van der Waals surface area contributed by atoms with Gasteiger partial charge in [0.2, 0.25) is 0 Å². The number of hydrogen-bond donors (Lipinski definition) is 1. The third kappa shape index (κ3) is 2.49. The van der Waals surface area contributed by atoms with E-state index in [-0.39, 0.29) is 0 Å². The predicted molar refractivity (Wildman–Crippen MR) is 76.8 cm³/mol. The van der Waals surface area contributed by atoms with Gasteiger partial charge in [-0.1, -0.05) is 22.0 Å². The molecular formula is C15H20BrNO. The van der Waals surface area contributed by atoms with Crippen LogP contribution in [0.5, 0.6) is 0 Å². The minimum atomic E-state index is 0.407. The highest BCUT2D eigenvalue weighted by atomic mass is 79.9. The largest absolute Gasteiger partial charge is 0.377 e. The van der Waals surface area contributed by atoms with Gasteiger partial charge in [-0.2, -0.15) is 0 Å². The van der Waals surface area contributed by atoms with Gasteiger partial charge < -0.3 is 10.1 Å². The average Bonchev–Trinajstić information content (AvgIpc) is 2.98. The van der Waals surface area contributed by atoms with Crippen LogP contribution in [-0.4, -0.2) is 18.8 Å². The lowest BCUT2D eigenvalue weighted by Gasteiger charge is -2.24. The van der Waals surface area contributed by atoms with Crippen LogP contribution in [0.2, 0.25) is 0 Å². The Morgan fingerprint density at radius 2 is 2.28 bits per heavy atom. The lowest BCUT2D eigenvalue weighted by Crippen LogP contribution is -2.38. The molecule has 0 aromatic heterocycles. The van der Waals surface area contributed by atoms with Crippen molar-refractivity contribution in [3.8, 4) is 0 Å². The van der Waals surface area contributed by atoms with E-state index in [2.05, 4.69) is 46.4 Å². The molecule has 0 bridgehead atoms. The Kier molecular flexibility index (Phi) is 3.73. The minimum Gasteiger partial charge on any atom is -0.377 e. The van der Waals surface area contributed by atoms with E-state index in [1.54, 1.807) is 0 Å². The summed E-state index contributed by atoms with van der Waals surface area (Å²) in [7, 11) is 0. The van der Waals surface area contributed by atoms with Crippen molar-refractivity contribution in [1.82, 2.24) is 5.32 Å². The van der Waals surface area contributed by atoms with E-state index in [9.17, 15) is 0 Å². The van der Waals surface area contributed by atoms with Crippen molar-refractivity contribution in [2.75, 3.05) is 6.61 Å². The van der Waals surface area contributed by atoms with Crippen LogP contribution < -0.4 is 5.32 Å². The van der Waals surface area contributed by atoms with Crippen LogP contribution >= 0.6 is 15.9 Å². The lowest BCUT2D eigenvalue weighted by molar-refractivity contribution is 0.0797. The predicted octanol–water partition coefficient (Wildman–Crippen LogP) is 3.59. The number of rotatable bonds is 3. The Hall–Kier alpha value is -0.380. The third-order valence-electron chi connectivity index (χ3n) is 4.17. The number of nitrogens with one attached hydrogen (secondary N) is 1. The minimum absolute atomic E-state index is 0.407. The summed E-state index contributed by atoms with van der Waals surface area (Å²) in [6, 6.07) is 7.62. The molecule has 1 heterocycles. The molecule has 1 saturated heterocycles. The monoisotopic (exact) mass is 309 g/mol. The summed E-state index contributed by atoms with van der Waals surface area (Å²) in [5.41, 5.74) is 2.96. The maximum atomic E-state index is 5.76. The van der Waals surface area contributed by atoms with Crippen molar-refractivity contribution in [3.63, 3.8) is 0 Å². The molecule has 2 nitrogen and oxygen atoms in total. The molecule has 1 aromatic carbocycles. The van der Waals surface area contributed by atoms with Crippen LogP contribution in [0.25, 0.3) is 0 Å². The second-order valence-corrected chi connectivity index (χ2v) is 6.36. The molecule has 18 heavy (non-hydrogen) atoms. The van der Waals surface area contributed by atoms with Gasteiger partial charge in [0.05, 0.1) is 6.10 Å². The molecule has 0 amide bonds. The summed E-state index contributed by atoms with van der Waals surface area (Å²) in [4.78, 5) is 0. The quantitative estimate of drug-likeness (QED) is 0.921. The Morgan fingerprint density at radius 3 is 3.06 bits per heavy atom. The summed E-state index contributed by atoms with van der Waals surface area (Å²) in [6.45, 7) is 3.19. The summed E-state index contributed by atoms with van der Waals surface area (Å²) in [6.07, 6.45) is 5.22. The van der Waals surface area contributed by atoms with Crippen molar-refractivity contribution in [1.29, 1.82) is 0 Å². The van der Waals surface area contributed by atoms with Crippen molar-refractivity contribution >= 4 is 15.9 Å².